The molecule has 0 spiro atoms. The molecule has 2 rings (SSSR count). The summed E-state index contributed by atoms with van der Waals surface area (Å²) in [5.74, 6) is -0.745. The van der Waals surface area contributed by atoms with E-state index in [9.17, 15) is 31.2 Å². The summed E-state index contributed by atoms with van der Waals surface area (Å²) in [5.41, 5.74) is -0.420. The molecule has 2 aromatic carbocycles. The molecule has 210 valence electrons. The van der Waals surface area contributed by atoms with Gasteiger partial charge in [-0.1, -0.05) is 36.7 Å². The van der Waals surface area contributed by atoms with Crippen LogP contribution in [0.4, 0.5) is 18.9 Å². The molecule has 12 heteroatoms. The molecule has 7 nitrogen and oxygen atoms in total. The number of amides is 2. The summed E-state index contributed by atoms with van der Waals surface area (Å²) >= 11 is 6.08. The highest BCUT2D eigenvalue weighted by molar-refractivity contribution is 7.92. The monoisotopic (exact) mass is 575 g/mol. The molecule has 0 unspecified atom stereocenters. The Labute approximate surface area is 227 Å². The van der Waals surface area contributed by atoms with Crippen molar-refractivity contribution >= 4 is 39.1 Å². The predicted octanol–water partition coefficient (Wildman–Crippen LogP) is 5.24. The van der Waals surface area contributed by atoms with E-state index in [2.05, 4.69) is 5.32 Å². The van der Waals surface area contributed by atoms with Crippen molar-refractivity contribution in [3.05, 3.63) is 64.7 Å². The smallest absolute Gasteiger partial charge is 0.352 e. The van der Waals surface area contributed by atoms with E-state index in [4.69, 9.17) is 11.6 Å². The number of anilines is 1. The fourth-order valence-electron chi connectivity index (χ4n) is 3.72. The number of benzene rings is 2. The van der Waals surface area contributed by atoms with E-state index >= 15 is 0 Å². The maximum Gasteiger partial charge on any atom is 0.416 e. The van der Waals surface area contributed by atoms with Crippen LogP contribution in [-0.2, 0) is 32.3 Å². The van der Waals surface area contributed by atoms with E-state index in [-0.39, 0.29) is 43.6 Å². The first-order valence-corrected chi connectivity index (χ1v) is 14.3. The first-order chi connectivity index (χ1) is 17.6. The normalized spacial score (nSPS) is 13.5. The number of hydrogen-bond acceptors (Lipinski definition) is 4. The van der Waals surface area contributed by atoms with Crippen molar-refractivity contribution in [1.29, 1.82) is 0 Å². The van der Waals surface area contributed by atoms with Crippen LogP contribution in [0, 0.1) is 0 Å². The van der Waals surface area contributed by atoms with Gasteiger partial charge in [-0.3, -0.25) is 13.9 Å². The van der Waals surface area contributed by atoms with Gasteiger partial charge in [0.05, 0.1) is 17.5 Å². The average molecular weight is 576 g/mol. The zero-order valence-corrected chi connectivity index (χ0v) is 23.3. The van der Waals surface area contributed by atoms with Gasteiger partial charge in [-0.25, -0.2) is 8.42 Å². The first-order valence-electron chi connectivity index (χ1n) is 12.1. The standard InChI is InChI=1S/C26H33ClF3N3O4S/c1-5-18(2)31-25(35)19(3)32(17-20-9-6-11-22(27)15-20)24(34)13-8-14-33(38(4,36)37)23-12-7-10-21(16-23)26(28,29)30/h6-7,9-12,15-16,18-19H,5,8,13-14,17H2,1-4H3,(H,31,35)/t18-,19+/m0/s1. The van der Waals surface area contributed by atoms with E-state index in [1.165, 1.54) is 11.0 Å². The minimum absolute atomic E-state index is 0.0217. The van der Waals surface area contributed by atoms with Crippen LogP contribution in [-0.4, -0.2) is 50.0 Å². The summed E-state index contributed by atoms with van der Waals surface area (Å²) < 4.78 is 65.1. The van der Waals surface area contributed by atoms with E-state index in [0.717, 1.165) is 28.8 Å². The Morgan fingerprint density at radius 3 is 2.32 bits per heavy atom. The SMILES string of the molecule is CC[C@H](C)NC(=O)[C@@H](C)N(Cc1cccc(Cl)c1)C(=O)CCCN(c1cccc(C(F)(F)F)c1)S(C)(=O)=O. The Bertz CT molecular complexity index is 1220. The zero-order chi connectivity index (χ0) is 28.7. The molecule has 0 aliphatic rings. The molecule has 2 atom stereocenters. The molecule has 1 N–H and O–H groups in total. The maximum atomic E-state index is 13.3. The van der Waals surface area contributed by atoms with E-state index < -0.39 is 33.7 Å². The van der Waals surface area contributed by atoms with Gasteiger partial charge in [0.25, 0.3) is 0 Å². The molecule has 2 amide bonds. The summed E-state index contributed by atoms with van der Waals surface area (Å²) in [4.78, 5) is 27.5. The third kappa shape index (κ3) is 9.20. The fraction of sp³-hybridized carbons (Fsp3) is 0.462. The molecule has 0 saturated carbocycles. The zero-order valence-electron chi connectivity index (χ0n) is 21.8. The van der Waals surface area contributed by atoms with Crippen molar-refractivity contribution in [3.63, 3.8) is 0 Å². The lowest BCUT2D eigenvalue weighted by atomic mass is 10.1. The van der Waals surface area contributed by atoms with Crippen LogP contribution in [0.5, 0.6) is 0 Å². The fourth-order valence-corrected chi connectivity index (χ4v) is 4.89. The van der Waals surface area contributed by atoms with E-state index in [1.807, 2.05) is 13.8 Å². The highest BCUT2D eigenvalue weighted by Crippen LogP contribution is 2.32. The third-order valence-electron chi connectivity index (χ3n) is 6.02. The van der Waals surface area contributed by atoms with E-state index in [0.29, 0.717) is 17.0 Å². The first kappa shape index (κ1) is 31.4. The lowest BCUT2D eigenvalue weighted by Gasteiger charge is -2.30. The Morgan fingerprint density at radius 1 is 1.08 bits per heavy atom. The predicted molar refractivity (Wildman–Crippen MR) is 142 cm³/mol. The van der Waals surface area contributed by atoms with Crippen LogP contribution in [0.3, 0.4) is 0 Å². The number of alkyl halides is 3. The van der Waals surface area contributed by atoms with Crippen molar-refractivity contribution in [2.45, 2.75) is 64.8 Å². The lowest BCUT2D eigenvalue weighted by molar-refractivity contribution is -0.140. The van der Waals surface area contributed by atoms with Crippen LogP contribution in [0.1, 0.15) is 51.2 Å². The summed E-state index contributed by atoms with van der Waals surface area (Å²) in [5, 5.41) is 3.33. The number of sulfonamides is 1. The van der Waals surface area contributed by atoms with Gasteiger partial charge < -0.3 is 10.2 Å². The largest absolute Gasteiger partial charge is 0.416 e. The van der Waals surface area contributed by atoms with Crippen LogP contribution in [0.2, 0.25) is 5.02 Å². The number of hydrogen-bond donors (Lipinski definition) is 1. The lowest BCUT2D eigenvalue weighted by Crippen LogP contribution is -2.49. The second-order valence-electron chi connectivity index (χ2n) is 9.13. The van der Waals surface area contributed by atoms with Gasteiger partial charge >= 0.3 is 6.18 Å². The van der Waals surface area contributed by atoms with Crippen molar-refractivity contribution in [3.8, 4) is 0 Å². The van der Waals surface area contributed by atoms with Gasteiger partial charge in [-0.15, -0.1) is 0 Å². The van der Waals surface area contributed by atoms with Crippen LogP contribution >= 0.6 is 11.6 Å². The molecule has 0 aromatic heterocycles. The van der Waals surface area contributed by atoms with Crippen molar-refractivity contribution in [2.75, 3.05) is 17.1 Å². The van der Waals surface area contributed by atoms with Crippen LogP contribution in [0.25, 0.3) is 0 Å². The minimum Gasteiger partial charge on any atom is -0.352 e. The van der Waals surface area contributed by atoms with Gasteiger partial charge in [0.2, 0.25) is 21.8 Å². The third-order valence-corrected chi connectivity index (χ3v) is 7.45. The summed E-state index contributed by atoms with van der Waals surface area (Å²) in [6.45, 7) is 5.25. The molecule has 0 saturated heterocycles. The molecular weight excluding hydrogens is 543 g/mol. The molecule has 0 aliphatic heterocycles. The second kappa shape index (κ2) is 13.3. The highest BCUT2D eigenvalue weighted by atomic mass is 35.5. The molecular formula is C26H33ClF3N3O4S. The number of nitrogens with one attached hydrogen (secondary N) is 1. The molecule has 38 heavy (non-hydrogen) atoms. The van der Waals surface area contributed by atoms with Gasteiger partial charge in [0, 0.05) is 30.6 Å². The second-order valence-corrected chi connectivity index (χ2v) is 11.5. The van der Waals surface area contributed by atoms with E-state index in [1.54, 1.807) is 31.2 Å². The minimum atomic E-state index is -4.64. The van der Waals surface area contributed by atoms with Crippen LogP contribution < -0.4 is 9.62 Å². The van der Waals surface area contributed by atoms with Crippen molar-refractivity contribution in [2.24, 2.45) is 0 Å². The number of nitrogens with zero attached hydrogens (tertiary/aromatic N) is 2. The summed E-state index contributed by atoms with van der Waals surface area (Å²) in [6, 6.07) is 9.95. The average Bonchev–Trinajstić information content (AvgIpc) is 2.83. The van der Waals surface area contributed by atoms with Gasteiger partial charge in [-0.05, 0) is 62.6 Å². The van der Waals surface area contributed by atoms with Gasteiger partial charge in [0.1, 0.15) is 6.04 Å². The Hall–Kier alpha value is -2.79. The molecule has 0 heterocycles. The number of carbonyl (C=O) groups excluding carboxylic acids is 2. The molecule has 0 radical (unpaired) electrons. The highest BCUT2D eigenvalue weighted by Gasteiger charge is 2.32. The number of carbonyl (C=O) groups is 2. The van der Waals surface area contributed by atoms with Crippen molar-refractivity contribution in [1.82, 2.24) is 10.2 Å². The molecule has 0 fully saturated rings. The summed E-state index contributed by atoms with van der Waals surface area (Å²) in [6.07, 6.45) is -3.15. The Kier molecular flexibility index (Phi) is 11.0. The Morgan fingerprint density at radius 2 is 1.74 bits per heavy atom. The van der Waals surface area contributed by atoms with Gasteiger partial charge in [0.15, 0.2) is 0 Å². The quantitative estimate of drug-likeness (QED) is 0.375. The topological polar surface area (TPSA) is 86.8 Å². The molecule has 0 bridgehead atoms. The number of halogens is 4. The van der Waals surface area contributed by atoms with Crippen molar-refractivity contribution < 1.29 is 31.2 Å². The summed E-state index contributed by atoms with van der Waals surface area (Å²) in [7, 11) is -3.94. The maximum absolute atomic E-state index is 13.3. The van der Waals surface area contributed by atoms with Crippen LogP contribution in [0.15, 0.2) is 48.5 Å². The van der Waals surface area contributed by atoms with Gasteiger partial charge in [-0.2, -0.15) is 13.2 Å². The Balaban J connectivity index is 2.22. The molecule has 0 aliphatic carbocycles. The number of rotatable bonds is 12. The molecule has 2 aromatic rings.